The van der Waals surface area contributed by atoms with Crippen LogP contribution in [0, 0.1) is 0 Å². The Morgan fingerprint density at radius 1 is 1.03 bits per heavy atom. The average Bonchev–Trinajstić information content (AvgIpc) is 2.72. The topological polar surface area (TPSA) is 96.2 Å². The summed E-state index contributed by atoms with van der Waals surface area (Å²) in [4.78, 5) is 24.3. The number of carboxylic acid groups (broad SMARTS) is 1. The number of benzene rings is 2. The highest BCUT2D eigenvalue weighted by Crippen LogP contribution is 2.29. The van der Waals surface area contributed by atoms with Gasteiger partial charge in [-0.1, -0.05) is 0 Å². The molecule has 0 saturated carbocycles. The molecule has 0 spiro atoms. The molecule has 0 bridgehead atoms. The van der Waals surface area contributed by atoms with E-state index in [-0.39, 0.29) is 17.7 Å². The highest BCUT2D eigenvalue weighted by Gasteiger charge is 2.17. The molecule has 0 unspecified atom stereocenters. The van der Waals surface area contributed by atoms with Crippen LogP contribution in [0.5, 0.6) is 17.2 Å². The van der Waals surface area contributed by atoms with Crippen LogP contribution in [0.3, 0.4) is 0 Å². The minimum Gasteiger partial charge on any atom is -0.497 e. The summed E-state index contributed by atoms with van der Waals surface area (Å²) in [6.07, 6.45) is 1.29. The summed E-state index contributed by atoms with van der Waals surface area (Å²) in [5.74, 6) is 0.251. The van der Waals surface area contributed by atoms with Crippen molar-refractivity contribution in [2.75, 3.05) is 27.6 Å². The number of hydrogen-bond acceptors (Lipinski definition) is 6. The smallest absolute Gasteiger partial charge is 0.341 e. The summed E-state index contributed by atoms with van der Waals surface area (Å²) < 4.78 is 22.9. The van der Waals surface area contributed by atoms with Crippen molar-refractivity contribution in [2.24, 2.45) is 0 Å². The molecule has 152 valence electrons. The molecule has 1 N–H and O–H groups in total. The van der Waals surface area contributed by atoms with E-state index in [2.05, 4.69) is 0 Å². The lowest BCUT2D eigenvalue weighted by atomic mass is 10.1. The van der Waals surface area contributed by atoms with Gasteiger partial charge in [0, 0.05) is 43.0 Å². The predicted octanol–water partition coefficient (Wildman–Crippen LogP) is 3.08. The van der Waals surface area contributed by atoms with Crippen LogP contribution >= 0.6 is 0 Å². The van der Waals surface area contributed by atoms with Gasteiger partial charge < -0.3 is 28.6 Å². The molecule has 8 nitrogen and oxygen atoms in total. The van der Waals surface area contributed by atoms with Gasteiger partial charge in [0.25, 0.3) is 0 Å². The molecule has 1 aromatic heterocycles. The van der Waals surface area contributed by atoms with Crippen LogP contribution in [0.2, 0.25) is 0 Å². The zero-order valence-corrected chi connectivity index (χ0v) is 16.3. The number of rotatable bonds is 8. The molecule has 0 atom stereocenters. The number of aromatic nitrogens is 1. The molecule has 29 heavy (non-hydrogen) atoms. The number of nitrogens with zero attached hydrogens (tertiary/aromatic N) is 1. The first-order valence-electron chi connectivity index (χ1n) is 8.85. The third-order valence-corrected chi connectivity index (χ3v) is 4.24. The molecule has 1 heterocycles. The van der Waals surface area contributed by atoms with Gasteiger partial charge in [-0.25, -0.2) is 4.79 Å². The number of ether oxygens (including phenoxy) is 4. The molecule has 2 aromatic carbocycles. The molecule has 0 aliphatic rings. The average molecular weight is 399 g/mol. The fourth-order valence-electron chi connectivity index (χ4n) is 2.95. The van der Waals surface area contributed by atoms with Gasteiger partial charge in [0.1, 0.15) is 22.8 Å². The van der Waals surface area contributed by atoms with Crippen LogP contribution in [-0.4, -0.2) is 43.3 Å². The van der Waals surface area contributed by atoms with Crippen LogP contribution in [0.15, 0.2) is 47.4 Å². The predicted molar refractivity (Wildman–Crippen MR) is 107 cm³/mol. The fourth-order valence-corrected chi connectivity index (χ4v) is 2.95. The fraction of sp³-hybridized carbons (Fsp3) is 0.238. The number of pyridine rings is 1. The Morgan fingerprint density at radius 3 is 2.45 bits per heavy atom. The monoisotopic (exact) mass is 399 g/mol. The third-order valence-electron chi connectivity index (χ3n) is 4.24. The maximum atomic E-state index is 12.7. The van der Waals surface area contributed by atoms with Gasteiger partial charge in [-0.15, -0.1) is 0 Å². The van der Waals surface area contributed by atoms with Gasteiger partial charge in [-0.3, -0.25) is 4.79 Å². The number of fused-ring (bicyclic) bond motifs is 1. The Hall–Kier alpha value is -3.52. The molecule has 3 rings (SSSR count). The Kier molecular flexibility index (Phi) is 6.04. The number of methoxy groups -OCH3 is 2. The van der Waals surface area contributed by atoms with Gasteiger partial charge in [0.15, 0.2) is 6.79 Å². The largest absolute Gasteiger partial charge is 0.497 e. The standard InChI is InChI=1S/C21H21NO7/c1-4-28-16-8-13(7-15(9-16)27-3)22-11-18(21(24)25)20(23)17-6-5-14(10-19(17)22)29-12-26-2/h5-11H,4,12H2,1-3H3,(H,24,25). The molecule has 0 saturated heterocycles. The summed E-state index contributed by atoms with van der Waals surface area (Å²) in [6, 6.07) is 9.97. The summed E-state index contributed by atoms with van der Waals surface area (Å²) >= 11 is 0. The van der Waals surface area contributed by atoms with Crippen molar-refractivity contribution in [3.8, 4) is 22.9 Å². The van der Waals surface area contributed by atoms with E-state index in [9.17, 15) is 14.7 Å². The first-order valence-corrected chi connectivity index (χ1v) is 8.85. The van der Waals surface area contributed by atoms with E-state index in [4.69, 9.17) is 18.9 Å². The molecule has 8 heteroatoms. The van der Waals surface area contributed by atoms with Crippen molar-refractivity contribution < 1.29 is 28.8 Å². The second-order valence-electron chi connectivity index (χ2n) is 6.08. The molecular formula is C21H21NO7. The molecule has 0 aliphatic carbocycles. The summed E-state index contributed by atoms with van der Waals surface area (Å²) in [6.45, 7) is 2.35. The maximum Gasteiger partial charge on any atom is 0.341 e. The SMILES string of the molecule is CCOc1cc(OC)cc(-n2cc(C(=O)O)c(=O)c3ccc(OCOC)cc32)c1. The van der Waals surface area contributed by atoms with Crippen molar-refractivity contribution in [2.45, 2.75) is 6.92 Å². The van der Waals surface area contributed by atoms with E-state index in [1.165, 1.54) is 26.5 Å². The zero-order chi connectivity index (χ0) is 21.0. The van der Waals surface area contributed by atoms with Crippen molar-refractivity contribution in [3.05, 3.63) is 58.4 Å². The number of aromatic carboxylic acids is 1. The van der Waals surface area contributed by atoms with Crippen molar-refractivity contribution >= 4 is 16.9 Å². The molecule has 0 fully saturated rings. The van der Waals surface area contributed by atoms with Crippen LogP contribution in [0.4, 0.5) is 0 Å². The minimum atomic E-state index is -1.31. The quantitative estimate of drug-likeness (QED) is 0.582. The summed E-state index contributed by atoms with van der Waals surface area (Å²) in [5.41, 5.74) is 0.132. The lowest BCUT2D eigenvalue weighted by Gasteiger charge is -2.16. The molecule has 0 radical (unpaired) electrons. The minimum absolute atomic E-state index is 0.0383. The molecule has 0 amide bonds. The van der Waals surface area contributed by atoms with Crippen molar-refractivity contribution in [3.63, 3.8) is 0 Å². The second kappa shape index (κ2) is 8.66. The summed E-state index contributed by atoms with van der Waals surface area (Å²) in [7, 11) is 3.03. The van der Waals surface area contributed by atoms with E-state index >= 15 is 0 Å². The van der Waals surface area contributed by atoms with Gasteiger partial charge in [-0.2, -0.15) is 0 Å². The van der Waals surface area contributed by atoms with Gasteiger partial charge in [-0.05, 0) is 19.1 Å². The maximum absolute atomic E-state index is 12.7. The Morgan fingerprint density at radius 2 is 1.79 bits per heavy atom. The normalized spacial score (nSPS) is 10.7. The molecular weight excluding hydrogens is 378 g/mol. The van der Waals surface area contributed by atoms with Gasteiger partial charge >= 0.3 is 5.97 Å². The highest BCUT2D eigenvalue weighted by molar-refractivity contribution is 5.93. The lowest BCUT2D eigenvalue weighted by Crippen LogP contribution is -2.18. The van der Waals surface area contributed by atoms with Crippen molar-refractivity contribution in [1.29, 1.82) is 0 Å². The Balaban J connectivity index is 2.32. The number of carboxylic acids is 1. The van der Waals surface area contributed by atoms with Gasteiger partial charge in [0.05, 0.1) is 24.9 Å². The zero-order valence-electron chi connectivity index (χ0n) is 16.3. The first-order chi connectivity index (χ1) is 14.0. The van der Waals surface area contributed by atoms with Crippen LogP contribution in [0.25, 0.3) is 16.6 Å². The van der Waals surface area contributed by atoms with Gasteiger partial charge in [0.2, 0.25) is 5.43 Å². The number of hydrogen-bond donors (Lipinski definition) is 1. The summed E-state index contributed by atoms with van der Waals surface area (Å²) in [5, 5.41) is 9.75. The molecule has 0 aliphatic heterocycles. The second-order valence-corrected chi connectivity index (χ2v) is 6.08. The van der Waals surface area contributed by atoms with Crippen molar-refractivity contribution in [1.82, 2.24) is 4.57 Å². The Labute approximate surface area is 166 Å². The van der Waals surface area contributed by atoms with E-state index in [1.54, 1.807) is 34.9 Å². The third kappa shape index (κ3) is 4.17. The van der Waals surface area contributed by atoms with E-state index in [0.717, 1.165) is 0 Å². The first kappa shape index (κ1) is 20.2. The highest BCUT2D eigenvalue weighted by atomic mass is 16.7. The van der Waals surface area contributed by atoms with E-state index in [1.807, 2.05) is 6.92 Å². The van der Waals surface area contributed by atoms with Crippen LogP contribution in [-0.2, 0) is 4.74 Å². The lowest BCUT2D eigenvalue weighted by molar-refractivity contribution is 0.0512. The Bertz CT molecular complexity index is 1100. The van der Waals surface area contributed by atoms with E-state index in [0.29, 0.717) is 35.1 Å². The van der Waals surface area contributed by atoms with Crippen LogP contribution < -0.4 is 19.6 Å². The molecule has 3 aromatic rings. The van der Waals surface area contributed by atoms with E-state index < -0.39 is 11.4 Å². The number of carbonyl (C=O) groups is 1. The van der Waals surface area contributed by atoms with Crippen LogP contribution in [0.1, 0.15) is 17.3 Å².